The molecule has 0 aromatic carbocycles. The lowest BCUT2D eigenvalue weighted by atomic mass is 10.2. The predicted molar refractivity (Wildman–Crippen MR) is 43.1 cm³/mol. The molecule has 0 aliphatic heterocycles. The molecule has 0 N–H and O–H groups in total. The lowest BCUT2D eigenvalue weighted by molar-refractivity contribution is -0.0239. The van der Waals surface area contributed by atoms with Crippen LogP contribution in [0.15, 0.2) is 0 Å². The maximum absolute atomic E-state index is 5.85. The van der Waals surface area contributed by atoms with Crippen LogP contribution in [0.1, 0.15) is 46.5 Å². The van der Waals surface area contributed by atoms with E-state index in [-0.39, 0.29) is 0 Å². The number of rotatable bonds is 4. The smallest absolute Gasteiger partial charge is 0.0685 e. The molecule has 0 aromatic rings. The van der Waals surface area contributed by atoms with E-state index >= 15 is 0 Å². The van der Waals surface area contributed by atoms with E-state index in [0.717, 1.165) is 6.42 Å². The molecule has 1 rings (SSSR count). The van der Waals surface area contributed by atoms with Gasteiger partial charge < -0.3 is 4.74 Å². The second kappa shape index (κ2) is 2.91. The highest BCUT2D eigenvalue weighted by atomic mass is 16.5. The van der Waals surface area contributed by atoms with E-state index in [0.29, 0.717) is 11.7 Å². The summed E-state index contributed by atoms with van der Waals surface area (Å²) in [5.41, 5.74) is 0.315. The molecular formula is C9H18O. The largest absolute Gasteiger partial charge is 0.372 e. The third-order valence-electron chi connectivity index (χ3n) is 2.48. The van der Waals surface area contributed by atoms with Crippen molar-refractivity contribution in [1.29, 1.82) is 0 Å². The second-order valence-electron chi connectivity index (χ2n) is 3.37. The molecule has 0 spiro atoms. The van der Waals surface area contributed by atoms with Crippen molar-refractivity contribution in [3.8, 4) is 0 Å². The molecule has 0 aromatic heterocycles. The van der Waals surface area contributed by atoms with Gasteiger partial charge in [-0.25, -0.2) is 0 Å². The van der Waals surface area contributed by atoms with Gasteiger partial charge in [-0.2, -0.15) is 0 Å². The summed E-state index contributed by atoms with van der Waals surface area (Å²) in [6.07, 6.45) is 5.36. The number of ether oxygens (including phenoxy) is 1. The predicted octanol–water partition coefficient (Wildman–Crippen LogP) is 2.74. The molecule has 1 atom stereocenters. The van der Waals surface area contributed by atoms with Gasteiger partial charge in [0, 0.05) is 0 Å². The first kappa shape index (κ1) is 8.06. The Labute approximate surface area is 63.8 Å². The Morgan fingerprint density at radius 1 is 1.40 bits per heavy atom. The molecule has 0 amide bonds. The van der Waals surface area contributed by atoms with Crippen LogP contribution in [-0.2, 0) is 4.74 Å². The molecule has 1 heteroatoms. The zero-order valence-corrected chi connectivity index (χ0v) is 7.31. The summed E-state index contributed by atoms with van der Waals surface area (Å²) in [5, 5.41) is 0. The third-order valence-corrected chi connectivity index (χ3v) is 2.48. The molecule has 1 saturated carbocycles. The van der Waals surface area contributed by atoms with Gasteiger partial charge in [0.15, 0.2) is 0 Å². The first-order chi connectivity index (χ1) is 4.72. The van der Waals surface area contributed by atoms with Crippen LogP contribution >= 0.6 is 0 Å². The van der Waals surface area contributed by atoms with Gasteiger partial charge in [-0.15, -0.1) is 0 Å². The molecule has 0 radical (unpaired) electrons. The van der Waals surface area contributed by atoms with Gasteiger partial charge in [-0.1, -0.05) is 13.8 Å². The SMILES string of the molecule is CCC(C)OC1(CC)CC1. The van der Waals surface area contributed by atoms with E-state index in [2.05, 4.69) is 20.8 Å². The Morgan fingerprint density at radius 3 is 2.30 bits per heavy atom. The minimum atomic E-state index is 0.315. The van der Waals surface area contributed by atoms with Crippen molar-refractivity contribution in [2.24, 2.45) is 0 Å². The first-order valence-corrected chi connectivity index (χ1v) is 4.40. The fourth-order valence-corrected chi connectivity index (χ4v) is 1.20. The average Bonchev–Trinajstić information content (AvgIpc) is 2.70. The Morgan fingerprint density at radius 2 is 2.00 bits per heavy atom. The van der Waals surface area contributed by atoms with E-state index in [4.69, 9.17) is 4.74 Å². The lowest BCUT2D eigenvalue weighted by Gasteiger charge is -2.19. The molecule has 0 heterocycles. The van der Waals surface area contributed by atoms with Gasteiger partial charge in [0.1, 0.15) is 0 Å². The summed E-state index contributed by atoms with van der Waals surface area (Å²) in [6, 6.07) is 0. The van der Waals surface area contributed by atoms with E-state index in [9.17, 15) is 0 Å². The van der Waals surface area contributed by atoms with Crippen molar-refractivity contribution in [1.82, 2.24) is 0 Å². The van der Waals surface area contributed by atoms with Crippen LogP contribution in [0.4, 0.5) is 0 Å². The standard InChI is InChI=1S/C9H18O/c1-4-8(3)10-9(5-2)6-7-9/h8H,4-7H2,1-3H3. The normalized spacial score (nSPS) is 24.3. The Hall–Kier alpha value is -0.0400. The fraction of sp³-hybridized carbons (Fsp3) is 1.00. The zero-order chi connectivity index (χ0) is 7.61. The summed E-state index contributed by atoms with van der Waals surface area (Å²) in [6.45, 7) is 6.56. The highest BCUT2D eigenvalue weighted by Gasteiger charge is 2.42. The zero-order valence-electron chi connectivity index (χ0n) is 7.31. The molecule has 1 nitrogen and oxygen atoms in total. The molecule has 10 heavy (non-hydrogen) atoms. The van der Waals surface area contributed by atoms with Crippen molar-refractivity contribution in [3.05, 3.63) is 0 Å². The summed E-state index contributed by atoms with van der Waals surface area (Å²) < 4.78 is 5.85. The Bertz CT molecular complexity index is 105. The van der Waals surface area contributed by atoms with Crippen LogP contribution in [-0.4, -0.2) is 11.7 Å². The minimum absolute atomic E-state index is 0.315. The molecule has 1 unspecified atom stereocenters. The van der Waals surface area contributed by atoms with Crippen molar-refractivity contribution >= 4 is 0 Å². The highest BCUT2D eigenvalue weighted by molar-refractivity contribution is 4.94. The Kier molecular flexibility index (Phi) is 2.35. The molecular weight excluding hydrogens is 124 g/mol. The lowest BCUT2D eigenvalue weighted by Crippen LogP contribution is -2.19. The number of hydrogen-bond acceptors (Lipinski definition) is 1. The fourth-order valence-electron chi connectivity index (χ4n) is 1.20. The summed E-state index contributed by atoms with van der Waals surface area (Å²) in [5.74, 6) is 0. The van der Waals surface area contributed by atoms with E-state index < -0.39 is 0 Å². The van der Waals surface area contributed by atoms with Gasteiger partial charge in [-0.3, -0.25) is 0 Å². The van der Waals surface area contributed by atoms with Crippen LogP contribution in [0.25, 0.3) is 0 Å². The highest BCUT2D eigenvalue weighted by Crippen LogP contribution is 2.43. The van der Waals surface area contributed by atoms with Gasteiger partial charge >= 0.3 is 0 Å². The summed E-state index contributed by atoms with van der Waals surface area (Å²) in [4.78, 5) is 0. The van der Waals surface area contributed by atoms with Crippen LogP contribution in [0.3, 0.4) is 0 Å². The van der Waals surface area contributed by atoms with Crippen molar-refractivity contribution < 1.29 is 4.74 Å². The minimum Gasteiger partial charge on any atom is -0.372 e. The van der Waals surface area contributed by atoms with Crippen molar-refractivity contribution in [2.75, 3.05) is 0 Å². The molecule has 0 saturated heterocycles. The van der Waals surface area contributed by atoms with Crippen LogP contribution in [0, 0.1) is 0 Å². The molecule has 1 fully saturated rings. The second-order valence-corrected chi connectivity index (χ2v) is 3.37. The summed E-state index contributed by atoms with van der Waals surface area (Å²) >= 11 is 0. The molecule has 0 bridgehead atoms. The van der Waals surface area contributed by atoms with Crippen LogP contribution < -0.4 is 0 Å². The topological polar surface area (TPSA) is 9.23 Å². The monoisotopic (exact) mass is 142 g/mol. The van der Waals surface area contributed by atoms with Gasteiger partial charge in [0.25, 0.3) is 0 Å². The molecule has 1 aliphatic rings. The quantitative estimate of drug-likeness (QED) is 0.586. The van der Waals surface area contributed by atoms with E-state index in [1.54, 1.807) is 0 Å². The third kappa shape index (κ3) is 1.72. The molecule has 1 aliphatic carbocycles. The maximum Gasteiger partial charge on any atom is 0.0685 e. The summed E-state index contributed by atoms with van der Waals surface area (Å²) in [7, 11) is 0. The van der Waals surface area contributed by atoms with Crippen LogP contribution in [0.2, 0.25) is 0 Å². The van der Waals surface area contributed by atoms with Crippen LogP contribution in [0.5, 0.6) is 0 Å². The average molecular weight is 142 g/mol. The Balaban J connectivity index is 2.23. The van der Waals surface area contributed by atoms with Crippen molar-refractivity contribution in [2.45, 2.75) is 58.2 Å². The van der Waals surface area contributed by atoms with Gasteiger partial charge in [0.05, 0.1) is 11.7 Å². The molecule has 60 valence electrons. The maximum atomic E-state index is 5.85. The van der Waals surface area contributed by atoms with Gasteiger partial charge in [0.2, 0.25) is 0 Å². The first-order valence-electron chi connectivity index (χ1n) is 4.40. The van der Waals surface area contributed by atoms with E-state index in [1.165, 1.54) is 19.3 Å². The number of hydrogen-bond donors (Lipinski definition) is 0. The van der Waals surface area contributed by atoms with Gasteiger partial charge in [-0.05, 0) is 32.6 Å². The van der Waals surface area contributed by atoms with Crippen molar-refractivity contribution in [3.63, 3.8) is 0 Å². The van der Waals surface area contributed by atoms with E-state index in [1.807, 2.05) is 0 Å².